The van der Waals surface area contributed by atoms with Crippen molar-refractivity contribution >= 4 is 17.9 Å². The minimum absolute atomic E-state index is 0.00335. The molecule has 2 aromatic carbocycles. The molecule has 0 spiro atoms. The van der Waals surface area contributed by atoms with Crippen molar-refractivity contribution < 1.29 is 38.1 Å². The number of esters is 3. The standard InChI is InChI=1S/C24H26O8/c1-16(25)30-15-19-12-24(19,22(26)31-13-17-4-8-20(28-2)9-5-17)23(27)32-14-18-6-10-21(29-3)11-7-18/h4-11,19H,12-15H2,1-3H3. The summed E-state index contributed by atoms with van der Waals surface area (Å²) in [6.07, 6.45) is 0.198. The average Bonchev–Trinajstić information content (AvgIpc) is 3.56. The Hall–Kier alpha value is -3.55. The van der Waals surface area contributed by atoms with Crippen LogP contribution in [0, 0.1) is 11.3 Å². The highest BCUT2D eigenvalue weighted by Gasteiger charge is 2.68. The van der Waals surface area contributed by atoms with Gasteiger partial charge in [0.15, 0.2) is 5.41 Å². The van der Waals surface area contributed by atoms with Crippen LogP contribution in [0.4, 0.5) is 0 Å². The number of hydrogen-bond acceptors (Lipinski definition) is 8. The molecule has 1 atom stereocenters. The Bertz CT molecular complexity index is 885. The fraction of sp³-hybridized carbons (Fsp3) is 0.375. The largest absolute Gasteiger partial charge is 0.497 e. The van der Waals surface area contributed by atoms with E-state index in [0.717, 1.165) is 11.1 Å². The molecule has 1 aliphatic rings. The SMILES string of the molecule is COc1ccc(COC(=O)C2(C(=O)OCc3ccc(OC)cc3)CC2COC(C)=O)cc1. The van der Waals surface area contributed by atoms with Crippen LogP contribution >= 0.6 is 0 Å². The Morgan fingerprint density at radius 3 is 1.59 bits per heavy atom. The van der Waals surface area contributed by atoms with Crippen molar-refractivity contribution in [1.82, 2.24) is 0 Å². The van der Waals surface area contributed by atoms with Crippen LogP contribution in [0.15, 0.2) is 48.5 Å². The third-order valence-electron chi connectivity index (χ3n) is 5.38. The van der Waals surface area contributed by atoms with Gasteiger partial charge >= 0.3 is 17.9 Å². The number of ether oxygens (including phenoxy) is 5. The minimum Gasteiger partial charge on any atom is -0.497 e. The number of methoxy groups -OCH3 is 2. The van der Waals surface area contributed by atoms with Crippen LogP contribution in [0.2, 0.25) is 0 Å². The molecule has 0 saturated heterocycles. The second kappa shape index (κ2) is 10.2. The smallest absolute Gasteiger partial charge is 0.324 e. The van der Waals surface area contributed by atoms with Crippen molar-refractivity contribution in [3.8, 4) is 11.5 Å². The van der Waals surface area contributed by atoms with E-state index in [-0.39, 0.29) is 26.2 Å². The van der Waals surface area contributed by atoms with Crippen LogP contribution in [0.25, 0.3) is 0 Å². The Labute approximate surface area is 186 Å². The molecule has 0 N–H and O–H groups in total. The summed E-state index contributed by atoms with van der Waals surface area (Å²) in [6, 6.07) is 14.1. The van der Waals surface area contributed by atoms with Crippen molar-refractivity contribution in [1.29, 1.82) is 0 Å². The molecule has 0 aromatic heterocycles. The zero-order valence-electron chi connectivity index (χ0n) is 18.3. The van der Waals surface area contributed by atoms with Crippen molar-refractivity contribution in [2.24, 2.45) is 11.3 Å². The lowest BCUT2D eigenvalue weighted by Crippen LogP contribution is -2.32. The molecule has 32 heavy (non-hydrogen) atoms. The average molecular weight is 442 g/mol. The molecule has 1 fully saturated rings. The Kier molecular flexibility index (Phi) is 7.35. The second-order valence-electron chi connectivity index (χ2n) is 7.52. The van der Waals surface area contributed by atoms with Crippen LogP contribution in [0.1, 0.15) is 24.5 Å². The third kappa shape index (κ3) is 5.38. The van der Waals surface area contributed by atoms with Crippen molar-refractivity contribution in [2.45, 2.75) is 26.6 Å². The summed E-state index contributed by atoms with van der Waals surface area (Å²) in [5.41, 5.74) is 0.0187. The topological polar surface area (TPSA) is 97.4 Å². The maximum Gasteiger partial charge on any atom is 0.324 e. The van der Waals surface area contributed by atoms with E-state index in [1.165, 1.54) is 6.92 Å². The lowest BCUT2D eigenvalue weighted by atomic mass is 10.0. The third-order valence-corrected chi connectivity index (χ3v) is 5.38. The molecule has 0 radical (unpaired) electrons. The summed E-state index contributed by atoms with van der Waals surface area (Å²) in [5, 5.41) is 0. The van der Waals surface area contributed by atoms with Crippen LogP contribution in [-0.4, -0.2) is 38.7 Å². The fourth-order valence-corrected chi connectivity index (χ4v) is 3.33. The van der Waals surface area contributed by atoms with Crippen LogP contribution in [0.3, 0.4) is 0 Å². The monoisotopic (exact) mass is 442 g/mol. The highest BCUT2D eigenvalue weighted by Crippen LogP contribution is 2.55. The first-order chi connectivity index (χ1) is 15.4. The van der Waals surface area contributed by atoms with Gasteiger partial charge in [-0.05, 0) is 41.8 Å². The predicted octanol–water partition coefficient (Wildman–Crippen LogP) is 3.06. The fourth-order valence-electron chi connectivity index (χ4n) is 3.33. The van der Waals surface area contributed by atoms with E-state index in [2.05, 4.69) is 0 Å². The minimum atomic E-state index is -1.48. The zero-order chi connectivity index (χ0) is 23.1. The van der Waals surface area contributed by atoms with E-state index in [1.807, 2.05) is 0 Å². The summed E-state index contributed by atoms with van der Waals surface area (Å²) < 4.78 is 26.1. The number of benzene rings is 2. The molecule has 1 aliphatic carbocycles. The quantitative estimate of drug-likeness (QED) is 0.315. The number of carbonyl (C=O) groups is 3. The zero-order valence-corrected chi connectivity index (χ0v) is 18.3. The van der Waals surface area contributed by atoms with Gasteiger partial charge in [0.2, 0.25) is 0 Å². The highest BCUT2D eigenvalue weighted by atomic mass is 16.6. The molecular weight excluding hydrogens is 416 g/mol. The molecule has 1 saturated carbocycles. The summed E-state index contributed by atoms with van der Waals surface area (Å²) >= 11 is 0. The van der Waals surface area contributed by atoms with Gasteiger partial charge in [0.05, 0.1) is 20.8 Å². The Morgan fingerprint density at radius 2 is 1.22 bits per heavy atom. The molecule has 8 heteroatoms. The summed E-state index contributed by atoms with van der Waals surface area (Å²) in [6.45, 7) is 1.21. The molecule has 170 valence electrons. The lowest BCUT2D eigenvalue weighted by Gasteiger charge is -2.16. The van der Waals surface area contributed by atoms with E-state index >= 15 is 0 Å². The van der Waals surface area contributed by atoms with E-state index < -0.39 is 29.2 Å². The molecule has 1 unspecified atom stereocenters. The van der Waals surface area contributed by atoms with Gasteiger partial charge in [-0.15, -0.1) is 0 Å². The van der Waals surface area contributed by atoms with Gasteiger partial charge in [-0.3, -0.25) is 14.4 Å². The second-order valence-corrected chi connectivity index (χ2v) is 7.52. The van der Waals surface area contributed by atoms with Gasteiger partial charge < -0.3 is 23.7 Å². The lowest BCUT2D eigenvalue weighted by molar-refractivity contribution is -0.168. The first-order valence-corrected chi connectivity index (χ1v) is 10.1. The van der Waals surface area contributed by atoms with E-state index in [9.17, 15) is 14.4 Å². The maximum atomic E-state index is 12.9. The highest BCUT2D eigenvalue weighted by molar-refractivity contribution is 6.04. The first-order valence-electron chi connectivity index (χ1n) is 10.1. The number of hydrogen-bond donors (Lipinski definition) is 0. The molecule has 2 aromatic rings. The van der Waals surface area contributed by atoms with E-state index in [4.69, 9.17) is 23.7 Å². The maximum absolute atomic E-state index is 12.9. The summed E-state index contributed by atoms with van der Waals surface area (Å²) in [4.78, 5) is 37.0. The molecule has 3 rings (SSSR count). The van der Waals surface area contributed by atoms with Gasteiger partial charge in [0.1, 0.15) is 24.7 Å². The normalized spacial score (nSPS) is 15.9. The summed E-state index contributed by atoms with van der Waals surface area (Å²) in [5.74, 6) is -0.984. The Balaban J connectivity index is 1.65. The van der Waals surface area contributed by atoms with Crippen LogP contribution < -0.4 is 9.47 Å². The van der Waals surface area contributed by atoms with Crippen molar-refractivity contribution in [3.05, 3.63) is 59.7 Å². The van der Waals surface area contributed by atoms with E-state index in [0.29, 0.717) is 11.5 Å². The van der Waals surface area contributed by atoms with Crippen molar-refractivity contribution in [2.75, 3.05) is 20.8 Å². The molecule has 0 heterocycles. The number of carbonyl (C=O) groups excluding carboxylic acids is 3. The summed E-state index contributed by atoms with van der Waals surface area (Å²) in [7, 11) is 3.12. The molecule has 0 aliphatic heterocycles. The number of rotatable bonds is 10. The van der Waals surface area contributed by atoms with Crippen LogP contribution in [-0.2, 0) is 41.8 Å². The Morgan fingerprint density at radius 1 is 0.781 bits per heavy atom. The molecule has 0 bridgehead atoms. The molecule has 8 nitrogen and oxygen atoms in total. The van der Waals surface area contributed by atoms with Gasteiger partial charge in [0.25, 0.3) is 0 Å². The van der Waals surface area contributed by atoms with Crippen LogP contribution in [0.5, 0.6) is 11.5 Å². The first kappa shape index (κ1) is 23.1. The van der Waals surface area contributed by atoms with Gasteiger partial charge in [-0.25, -0.2) is 0 Å². The van der Waals surface area contributed by atoms with Gasteiger partial charge in [0, 0.05) is 12.8 Å². The predicted molar refractivity (Wildman–Crippen MR) is 113 cm³/mol. The van der Waals surface area contributed by atoms with E-state index in [1.54, 1.807) is 62.8 Å². The molecular formula is C24H26O8. The molecule has 0 amide bonds. The van der Waals surface area contributed by atoms with Crippen molar-refractivity contribution in [3.63, 3.8) is 0 Å². The van der Waals surface area contributed by atoms with Gasteiger partial charge in [-0.1, -0.05) is 24.3 Å². The van der Waals surface area contributed by atoms with Gasteiger partial charge in [-0.2, -0.15) is 0 Å².